The Kier molecular flexibility index (Phi) is 5.39. The number of carbonyl (C=O) groups is 1. The number of rotatable bonds is 5. The van der Waals surface area contributed by atoms with Crippen molar-refractivity contribution in [2.45, 2.75) is 31.8 Å². The van der Waals surface area contributed by atoms with E-state index in [2.05, 4.69) is 25.8 Å². The van der Waals surface area contributed by atoms with E-state index in [0.29, 0.717) is 6.54 Å². The third-order valence-electron chi connectivity index (χ3n) is 6.44. The van der Waals surface area contributed by atoms with Crippen LogP contribution in [0.3, 0.4) is 0 Å². The summed E-state index contributed by atoms with van der Waals surface area (Å²) < 4.78 is 0. The second-order valence-electron chi connectivity index (χ2n) is 8.61. The van der Waals surface area contributed by atoms with Crippen LogP contribution in [-0.2, 0) is 11.2 Å². The highest BCUT2D eigenvalue weighted by Gasteiger charge is 2.35. The van der Waals surface area contributed by atoms with E-state index in [1.165, 1.54) is 5.56 Å². The summed E-state index contributed by atoms with van der Waals surface area (Å²) in [6, 6.07) is 7.98. The average molecular weight is 408 g/mol. The Hall–Kier alpha value is -2.51. The fourth-order valence-corrected chi connectivity index (χ4v) is 4.54. The lowest BCUT2D eigenvalue weighted by Gasteiger charge is -2.35. The smallest absolute Gasteiger partial charge is 0.230 e. The Balaban J connectivity index is 1.21. The molecule has 0 radical (unpaired) electrons. The number of aliphatic hydroxyl groups excluding tert-OH is 1. The van der Waals surface area contributed by atoms with Crippen molar-refractivity contribution in [2.75, 3.05) is 49.1 Å². The molecule has 5 rings (SSSR count). The fourth-order valence-electron chi connectivity index (χ4n) is 4.54. The number of nitrogens with zero attached hydrogens (tertiary/aromatic N) is 5. The van der Waals surface area contributed by atoms with Gasteiger partial charge in [0.1, 0.15) is 0 Å². The van der Waals surface area contributed by atoms with Gasteiger partial charge in [-0.1, -0.05) is 12.1 Å². The zero-order chi connectivity index (χ0) is 20.5. The summed E-state index contributed by atoms with van der Waals surface area (Å²) in [6.07, 6.45) is 7.05. The molecule has 1 aliphatic carbocycles. The van der Waals surface area contributed by atoms with E-state index in [0.717, 1.165) is 75.6 Å². The minimum atomic E-state index is -0.524. The SMILES string of the molecule is O=C(C1CC1)N1CCCc2cc([C@H](O)CN3CCN(c4ncccn4)CC3)ccc21. The standard InChI is InChI=1S/C23H29N5O2/c29-21(16-26-11-13-27(14-12-26)23-24-8-2-9-25-23)19-6-7-20-18(15-19)3-1-10-28(20)22(30)17-4-5-17/h2,6-9,15,17,21,29H,1,3-5,10-14,16H2/t21-/m1/s1. The van der Waals surface area contributed by atoms with Gasteiger partial charge in [0.25, 0.3) is 0 Å². The predicted octanol–water partition coefficient (Wildman–Crippen LogP) is 2.02. The monoisotopic (exact) mass is 407 g/mol. The quantitative estimate of drug-likeness (QED) is 0.818. The predicted molar refractivity (Wildman–Crippen MR) is 115 cm³/mol. The van der Waals surface area contributed by atoms with Gasteiger partial charge in [0.2, 0.25) is 11.9 Å². The van der Waals surface area contributed by atoms with E-state index in [1.807, 2.05) is 23.1 Å². The first-order valence-electron chi connectivity index (χ1n) is 11.1. The second kappa shape index (κ2) is 8.32. The average Bonchev–Trinajstić information content (AvgIpc) is 3.64. The van der Waals surface area contributed by atoms with Gasteiger partial charge in [0.15, 0.2) is 0 Å². The molecule has 3 heterocycles. The Morgan fingerprint density at radius 2 is 1.87 bits per heavy atom. The minimum absolute atomic E-state index is 0.237. The Bertz CT molecular complexity index is 894. The number of aromatic nitrogens is 2. The summed E-state index contributed by atoms with van der Waals surface area (Å²) in [4.78, 5) is 27.7. The van der Waals surface area contributed by atoms with Gasteiger partial charge in [-0.2, -0.15) is 0 Å². The molecule has 1 atom stereocenters. The molecule has 2 aromatic rings. The normalized spacial score (nSPS) is 20.7. The summed E-state index contributed by atoms with van der Waals surface area (Å²) >= 11 is 0. The summed E-state index contributed by atoms with van der Waals surface area (Å²) in [5.41, 5.74) is 3.19. The van der Waals surface area contributed by atoms with Gasteiger partial charge in [-0.3, -0.25) is 9.69 Å². The first-order chi connectivity index (χ1) is 14.7. The van der Waals surface area contributed by atoms with Crippen LogP contribution in [0.5, 0.6) is 0 Å². The van der Waals surface area contributed by atoms with Crippen LogP contribution in [0.1, 0.15) is 36.5 Å². The van der Waals surface area contributed by atoms with Crippen LogP contribution in [-0.4, -0.2) is 65.2 Å². The molecule has 1 amide bonds. The second-order valence-corrected chi connectivity index (χ2v) is 8.61. The lowest BCUT2D eigenvalue weighted by atomic mass is 9.96. The summed E-state index contributed by atoms with van der Waals surface area (Å²) in [5, 5.41) is 10.9. The van der Waals surface area contributed by atoms with Crippen molar-refractivity contribution in [1.82, 2.24) is 14.9 Å². The molecule has 1 aromatic carbocycles. The van der Waals surface area contributed by atoms with E-state index >= 15 is 0 Å². The summed E-state index contributed by atoms with van der Waals surface area (Å²) in [7, 11) is 0. The molecule has 2 fully saturated rings. The summed E-state index contributed by atoms with van der Waals surface area (Å²) in [6.45, 7) is 4.92. The first-order valence-corrected chi connectivity index (χ1v) is 11.1. The van der Waals surface area contributed by atoms with Crippen molar-refractivity contribution >= 4 is 17.5 Å². The molecule has 1 N–H and O–H groups in total. The Labute approximate surface area is 177 Å². The molecule has 158 valence electrons. The van der Waals surface area contributed by atoms with Crippen molar-refractivity contribution in [3.63, 3.8) is 0 Å². The van der Waals surface area contributed by atoms with E-state index in [4.69, 9.17) is 0 Å². The van der Waals surface area contributed by atoms with Crippen molar-refractivity contribution in [2.24, 2.45) is 5.92 Å². The van der Waals surface area contributed by atoms with Gasteiger partial charge >= 0.3 is 0 Å². The minimum Gasteiger partial charge on any atom is -0.387 e. The van der Waals surface area contributed by atoms with Gasteiger partial charge in [-0.05, 0) is 48.9 Å². The topological polar surface area (TPSA) is 72.8 Å². The number of anilines is 2. The highest BCUT2D eigenvalue weighted by atomic mass is 16.3. The lowest BCUT2D eigenvalue weighted by Crippen LogP contribution is -2.48. The molecule has 1 aromatic heterocycles. The maximum absolute atomic E-state index is 12.6. The zero-order valence-electron chi connectivity index (χ0n) is 17.3. The van der Waals surface area contributed by atoms with Crippen molar-refractivity contribution in [3.05, 3.63) is 47.8 Å². The van der Waals surface area contributed by atoms with E-state index in [9.17, 15) is 9.90 Å². The highest BCUT2D eigenvalue weighted by molar-refractivity contribution is 5.97. The van der Waals surface area contributed by atoms with Gasteiger partial charge < -0.3 is 14.9 Å². The number of benzene rings is 1. The van der Waals surface area contributed by atoms with Crippen LogP contribution in [0.2, 0.25) is 0 Å². The molecule has 0 unspecified atom stereocenters. The number of aryl methyl sites for hydroxylation is 1. The van der Waals surface area contributed by atoms with Crippen LogP contribution < -0.4 is 9.80 Å². The third kappa shape index (κ3) is 4.04. The zero-order valence-corrected chi connectivity index (χ0v) is 17.3. The number of amides is 1. The van der Waals surface area contributed by atoms with E-state index < -0.39 is 6.10 Å². The highest BCUT2D eigenvalue weighted by Crippen LogP contribution is 2.36. The van der Waals surface area contributed by atoms with Crippen molar-refractivity contribution < 1.29 is 9.90 Å². The maximum atomic E-state index is 12.6. The number of β-amino-alcohol motifs (C(OH)–C–C–N with tert-alkyl or cyclic N) is 1. The van der Waals surface area contributed by atoms with E-state index in [1.54, 1.807) is 12.4 Å². The molecule has 7 heteroatoms. The molecular formula is C23H29N5O2. The molecule has 2 aliphatic heterocycles. The molecule has 3 aliphatic rings. The summed E-state index contributed by atoms with van der Waals surface area (Å²) in [5.74, 6) is 1.29. The van der Waals surface area contributed by atoms with Gasteiger partial charge in [-0.25, -0.2) is 9.97 Å². The van der Waals surface area contributed by atoms with Gasteiger partial charge in [0.05, 0.1) is 6.10 Å². The van der Waals surface area contributed by atoms with Crippen LogP contribution in [0.25, 0.3) is 0 Å². The lowest BCUT2D eigenvalue weighted by molar-refractivity contribution is -0.119. The number of aliphatic hydroxyl groups is 1. The van der Waals surface area contributed by atoms with Crippen LogP contribution in [0, 0.1) is 5.92 Å². The van der Waals surface area contributed by atoms with Crippen LogP contribution >= 0.6 is 0 Å². The third-order valence-corrected chi connectivity index (χ3v) is 6.44. The number of hydrogen-bond acceptors (Lipinski definition) is 6. The molecule has 7 nitrogen and oxygen atoms in total. The molecule has 30 heavy (non-hydrogen) atoms. The first kappa shape index (κ1) is 19.5. The van der Waals surface area contributed by atoms with Crippen molar-refractivity contribution in [3.8, 4) is 0 Å². The number of fused-ring (bicyclic) bond motifs is 1. The molecule has 1 saturated carbocycles. The number of hydrogen-bond donors (Lipinski definition) is 1. The molecule has 0 spiro atoms. The maximum Gasteiger partial charge on any atom is 0.230 e. The van der Waals surface area contributed by atoms with Crippen LogP contribution in [0.4, 0.5) is 11.6 Å². The fraction of sp³-hybridized carbons (Fsp3) is 0.522. The van der Waals surface area contributed by atoms with Gasteiger partial charge in [-0.15, -0.1) is 0 Å². The number of piperazine rings is 1. The largest absolute Gasteiger partial charge is 0.387 e. The molecular weight excluding hydrogens is 378 g/mol. The van der Waals surface area contributed by atoms with Crippen molar-refractivity contribution in [1.29, 1.82) is 0 Å². The van der Waals surface area contributed by atoms with E-state index in [-0.39, 0.29) is 11.8 Å². The molecule has 0 bridgehead atoms. The van der Waals surface area contributed by atoms with Crippen LogP contribution in [0.15, 0.2) is 36.7 Å². The molecule has 1 saturated heterocycles. The Morgan fingerprint density at radius 1 is 1.10 bits per heavy atom. The Morgan fingerprint density at radius 3 is 2.60 bits per heavy atom. The number of carbonyl (C=O) groups excluding carboxylic acids is 1. The van der Waals surface area contributed by atoms with Gasteiger partial charge in [0, 0.05) is 63.3 Å².